The minimum atomic E-state index is 0.563. The molecule has 2 heterocycles. The van der Waals surface area contributed by atoms with Gasteiger partial charge < -0.3 is 4.90 Å². The quantitative estimate of drug-likeness (QED) is 0.321. The van der Waals surface area contributed by atoms with E-state index in [0.717, 1.165) is 52.1 Å². The van der Waals surface area contributed by atoms with Crippen molar-refractivity contribution in [1.82, 2.24) is 10.2 Å². The topological polar surface area (TPSA) is 90.8 Å². The van der Waals surface area contributed by atoms with E-state index >= 15 is 0 Å². The van der Waals surface area contributed by atoms with E-state index in [9.17, 15) is 0 Å². The number of aliphatic imine (C=N–C) groups is 1. The molecule has 1 aliphatic heterocycles. The fraction of sp³-hybridized carbons (Fsp3) is 0.286. The molecule has 0 bridgehead atoms. The van der Waals surface area contributed by atoms with Gasteiger partial charge in [-0.2, -0.15) is 10.2 Å². The summed E-state index contributed by atoms with van der Waals surface area (Å²) in [5.41, 5.74) is 5.10. The van der Waals surface area contributed by atoms with Gasteiger partial charge in [0.15, 0.2) is 0 Å². The Morgan fingerprint density at radius 2 is 1.47 bits per heavy atom. The van der Waals surface area contributed by atoms with Crippen molar-refractivity contribution in [2.45, 2.75) is 26.7 Å². The zero-order chi connectivity index (χ0) is 20.9. The van der Waals surface area contributed by atoms with Gasteiger partial charge in [-0.05, 0) is 80.9 Å². The maximum absolute atomic E-state index is 4.34. The zero-order valence-electron chi connectivity index (χ0n) is 17.0. The van der Waals surface area contributed by atoms with E-state index in [2.05, 4.69) is 47.3 Å². The Bertz CT molecular complexity index is 1110. The Kier molecular flexibility index (Phi) is 5.99. The van der Waals surface area contributed by atoms with Crippen LogP contribution >= 0.6 is 11.3 Å². The van der Waals surface area contributed by atoms with Gasteiger partial charge in [0.1, 0.15) is 0 Å². The Hall–Kier alpha value is -3.33. The molecule has 0 radical (unpaired) electrons. The Balaban J connectivity index is 1.45. The molecule has 2 aromatic carbocycles. The molecule has 0 unspecified atom stereocenters. The zero-order valence-corrected chi connectivity index (χ0v) is 17.8. The van der Waals surface area contributed by atoms with Crippen LogP contribution in [0.25, 0.3) is 0 Å². The lowest BCUT2D eigenvalue weighted by atomic mass is 10.2. The van der Waals surface area contributed by atoms with Gasteiger partial charge in [-0.1, -0.05) is 11.3 Å². The highest BCUT2D eigenvalue weighted by Gasteiger charge is 2.16. The summed E-state index contributed by atoms with van der Waals surface area (Å²) >= 11 is 1.47. The summed E-state index contributed by atoms with van der Waals surface area (Å²) in [7, 11) is 0. The van der Waals surface area contributed by atoms with Crippen LogP contribution in [0.5, 0.6) is 0 Å². The van der Waals surface area contributed by atoms with E-state index in [-0.39, 0.29) is 0 Å². The molecule has 0 atom stereocenters. The van der Waals surface area contributed by atoms with Crippen LogP contribution in [0.3, 0.4) is 0 Å². The fourth-order valence-electron chi connectivity index (χ4n) is 3.16. The van der Waals surface area contributed by atoms with Crippen molar-refractivity contribution in [3.8, 4) is 0 Å². The number of hydrogen-bond donors (Lipinski definition) is 0. The minimum Gasteiger partial charge on any atom is -0.347 e. The maximum Gasteiger partial charge on any atom is 0.253 e. The first kappa shape index (κ1) is 20.0. The van der Waals surface area contributed by atoms with Crippen LogP contribution < -0.4 is 4.90 Å². The highest BCUT2D eigenvalue weighted by molar-refractivity contribution is 7.18. The summed E-state index contributed by atoms with van der Waals surface area (Å²) < 4.78 is 0. The van der Waals surface area contributed by atoms with Crippen LogP contribution in [0.4, 0.5) is 33.0 Å². The van der Waals surface area contributed by atoms with Crippen LogP contribution in [0.1, 0.15) is 24.0 Å². The third-order valence-corrected chi connectivity index (χ3v) is 5.71. The van der Waals surface area contributed by atoms with E-state index < -0.39 is 0 Å². The van der Waals surface area contributed by atoms with Gasteiger partial charge in [-0.15, -0.1) is 20.4 Å². The van der Waals surface area contributed by atoms with Gasteiger partial charge >= 0.3 is 0 Å². The van der Waals surface area contributed by atoms with Crippen molar-refractivity contribution in [3.05, 3.63) is 47.5 Å². The molecule has 3 aromatic rings. The molecule has 1 aliphatic rings. The second kappa shape index (κ2) is 9.00. The third kappa shape index (κ3) is 4.62. The number of hydrogen-bond acceptors (Lipinski definition) is 9. The molecule has 30 heavy (non-hydrogen) atoms. The molecule has 1 aromatic heterocycles. The van der Waals surface area contributed by atoms with Crippen molar-refractivity contribution >= 4 is 51.1 Å². The van der Waals surface area contributed by atoms with Gasteiger partial charge in [0, 0.05) is 13.1 Å². The summed E-state index contributed by atoms with van der Waals surface area (Å²) in [4.78, 5) is 6.16. The van der Waals surface area contributed by atoms with Crippen molar-refractivity contribution < 1.29 is 0 Å². The molecule has 1 fully saturated rings. The summed E-state index contributed by atoms with van der Waals surface area (Å²) in [6.45, 7) is 9.56. The molecule has 1 saturated heterocycles. The molecule has 8 nitrogen and oxygen atoms in total. The number of anilines is 1. The van der Waals surface area contributed by atoms with Gasteiger partial charge in [0.25, 0.3) is 5.13 Å². The highest BCUT2D eigenvalue weighted by atomic mass is 32.1. The lowest BCUT2D eigenvalue weighted by Gasteiger charge is -2.10. The average molecular weight is 419 g/mol. The summed E-state index contributed by atoms with van der Waals surface area (Å²) in [5.74, 6) is 0. The highest BCUT2D eigenvalue weighted by Crippen LogP contribution is 2.32. The first-order valence-electron chi connectivity index (χ1n) is 9.72. The molecule has 0 saturated carbocycles. The molecular weight excluding hydrogens is 396 g/mol. The van der Waals surface area contributed by atoms with Gasteiger partial charge in [-0.25, -0.2) is 0 Å². The number of aromatic nitrogens is 2. The van der Waals surface area contributed by atoms with E-state index in [4.69, 9.17) is 0 Å². The molecule has 0 N–H and O–H groups in total. The summed E-state index contributed by atoms with van der Waals surface area (Å²) in [6, 6.07) is 11.4. The van der Waals surface area contributed by atoms with Gasteiger partial charge in [0.2, 0.25) is 5.13 Å². The normalized spacial score (nSPS) is 14.3. The van der Waals surface area contributed by atoms with Crippen molar-refractivity contribution in [2.75, 3.05) is 18.0 Å². The molecule has 0 aliphatic carbocycles. The van der Waals surface area contributed by atoms with E-state index in [1.807, 2.05) is 50.2 Å². The van der Waals surface area contributed by atoms with Crippen LogP contribution in [0.15, 0.2) is 61.8 Å². The van der Waals surface area contributed by atoms with Crippen molar-refractivity contribution in [2.24, 2.45) is 25.4 Å². The summed E-state index contributed by atoms with van der Waals surface area (Å²) in [5, 5.41) is 27.1. The van der Waals surface area contributed by atoms with Crippen LogP contribution in [0.2, 0.25) is 0 Å². The second-order valence-corrected chi connectivity index (χ2v) is 8.00. The number of azo groups is 2. The lowest BCUT2D eigenvalue weighted by molar-refractivity contribution is 0.925. The molecule has 0 spiro atoms. The monoisotopic (exact) mass is 418 g/mol. The summed E-state index contributed by atoms with van der Waals surface area (Å²) in [6.07, 6.45) is 2.41. The Morgan fingerprint density at radius 1 is 0.833 bits per heavy atom. The van der Waals surface area contributed by atoms with Gasteiger partial charge in [0.05, 0.1) is 22.7 Å². The van der Waals surface area contributed by atoms with Crippen molar-refractivity contribution in [3.63, 3.8) is 0 Å². The Morgan fingerprint density at radius 3 is 2.13 bits per heavy atom. The lowest BCUT2D eigenvalue weighted by Crippen LogP contribution is -2.17. The number of aryl methyl sites for hydroxylation is 2. The Labute approximate surface area is 179 Å². The van der Waals surface area contributed by atoms with Gasteiger partial charge in [-0.3, -0.25) is 4.99 Å². The molecule has 9 heteroatoms. The molecule has 4 rings (SSSR count). The van der Waals surface area contributed by atoms with Crippen LogP contribution in [-0.4, -0.2) is 30.0 Å². The standard InChI is InChI=1S/C21H22N8S/c1-14-12-16(22-3)6-8-18(14)24-23-17-7-9-19(15(2)13-17)25-26-20-27-28-21(30-20)29-10-4-5-11-29/h6-9,12-13H,3-5,10-11H2,1-2H3. The van der Waals surface area contributed by atoms with E-state index in [1.165, 1.54) is 24.2 Å². The fourth-order valence-corrected chi connectivity index (χ4v) is 3.88. The van der Waals surface area contributed by atoms with E-state index in [0.29, 0.717) is 5.13 Å². The SMILES string of the molecule is C=Nc1ccc(N=Nc2ccc(N=Nc3nnc(N4CCCC4)s3)c(C)c2)c(C)c1. The number of rotatable bonds is 6. The predicted octanol–water partition coefficient (Wildman–Crippen LogP) is 6.92. The third-order valence-electron chi connectivity index (χ3n) is 4.84. The van der Waals surface area contributed by atoms with E-state index in [1.54, 1.807) is 0 Å². The first-order valence-corrected chi connectivity index (χ1v) is 10.5. The minimum absolute atomic E-state index is 0.563. The van der Waals surface area contributed by atoms with Crippen molar-refractivity contribution in [1.29, 1.82) is 0 Å². The second-order valence-electron chi connectivity index (χ2n) is 7.06. The number of nitrogens with zero attached hydrogens (tertiary/aromatic N) is 8. The maximum atomic E-state index is 4.34. The smallest absolute Gasteiger partial charge is 0.253 e. The average Bonchev–Trinajstić information content (AvgIpc) is 3.44. The molecule has 152 valence electrons. The predicted molar refractivity (Wildman–Crippen MR) is 121 cm³/mol. The molecule has 0 amide bonds. The van der Waals surface area contributed by atoms with Crippen LogP contribution in [-0.2, 0) is 0 Å². The first-order chi connectivity index (χ1) is 14.6. The van der Waals surface area contributed by atoms with Crippen LogP contribution in [0, 0.1) is 13.8 Å². The molecular formula is C21H22N8S. The number of benzene rings is 2. The largest absolute Gasteiger partial charge is 0.347 e.